The largest absolute Gasteiger partial charge is 0.338 e. The van der Waals surface area contributed by atoms with Gasteiger partial charge in [-0.15, -0.1) is 0 Å². The van der Waals surface area contributed by atoms with Gasteiger partial charge in [-0.2, -0.15) is 5.10 Å². The van der Waals surface area contributed by atoms with Gasteiger partial charge in [-0.05, 0) is 24.7 Å². The van der Waals surface area contributed by atoms with Crippen molar-refractivity contribution in [2.75, 3.05) is 13.1 Å². The Kier molecular flexibility index (Phi) is 2.49. The lowest BCUT2D eigenvalue weighted by molar-refractivity contribution is 0.0785. The van der Waals surface area contributed by atoms with E-state index in [-0.39, 0.29) is 5.91 Å². The predicted octanol–water partition coefficient (Wildman–Crippen LogP) is 1.71. The number of nitrogens with zero attached hydrogens (tertiary/aromatic N) is 4. The monoisotopic (exact) mass is 270 g/mol. The molecule has 0 aromatic carbocycles. The van der Waals surface area contributed by atoms with Crippen LogP contribution in [0.25, 0.3) is 5.65 Å². The summed E-state index contributed by atoms with van der Waals surface area (Å²) < 4.78 is 3.71. The van der Waals surface area contributed by atoms with E-state index in [1.807, 2.05) is 28.9 Å². The maximum absolute atomic E-state index is 12.8. The normalized spacial score (nSPS) is 25.4. The third kappa shape index (κ3) is 1.62. The Morgan fingerprint density at radius 1 is 1.20 bits per heavy atom. The molecule has 1 aliphatic heterocycles. The number of aromatic nitrogens is 3. The van der Waals surface area contributed by atoms with E-state index in [1.165, 1.54) is 0 Å². The van der Waals surface area contributed by atoms with E-state index in [0.717, 1.165) is 31.6 Å². The maximum Gasteiger partial charge on any atom is 0.259 e. The highest BCUT2D eigenvalue weighted by Crippen LogP contribution is 2.33. The molecule has 0 radical (unpaired) electrons. The van der Waals surface area contributed by atoms with Gasteiger partial charge in [-0.3, -0.25) is 4.79 Å². The van der Waals surface area contributed by atoms with Gasteiger partial charge < -0.3 is 9.47 Å². The Balaban J connectivity index is 1.63. The summed E-state index contributed by atoms with van der Waals surface area (Å²) in [7, 11) is 1.95. The summed E-state index contributed by atoms with van der Waals surface area (Å²) in [6.07, 6.45) is 12.2. The number of allylic oxidation sites excluding steroid dienone is 2. The van der Waals surface area contributed by atoms with Crippen LogP contribution in [0.5, 0.6) is 0 Å². The fourth-order valence-electron chi connectivity index (χ4n) is 3.55. The molecule has 0 spiro atoms. The van der Waals surface area contributed by atoms with E-state index in [9.17, 15) is 4.79 Å². The lowest BCUT2D eigenvalue weighted by Gasteiger charge is -2.17. The molecular weight excluding hydrogens is 252 g/mol. The fraction of sp³-hybridized carbons (Fsp3) is 0.467. The molecule has 3 heterocycles. The highest BCUT2D eigenvalue weighted by Gasteiger charge is 2.36. The van der Waals surface area contributed by atoms with Crippen LogP contribution < -0.4 is 0 Å². The van der Waals surface area contributed by atoms with Gasteiger partial charge in [-0.25, -0.2) is 4.52 Å². The average Bonchev–Trinajstić information content (AvgIpc) is 3.13. The van der Waals surface area contributed by atoms with Gasteiger partial charge in [-0.1, -0.05) is 12.2 Å². The standard InChI is InChI=1S/C15H18N4O/c1-17-6-7-19-14(17)13(8-16-19)15(20)18-9-11-4-2-3-5-12(11)10-18/h2-3,6-8,11-12H,4-5,9-10H2,1H3/t11-,12+. The number of carbonyl (C=O) groups excluding carboxylic acids is 1. The number of imidazole rings is 1. The van der Waals surface area contributed by atoms with Crippen molar-refractivity contribution < 1.29 is 4.79 Å². The minimum Gasteiger partial charge on any atom is -0.338 e. The molecule has 0 unspecified atom stereocenters. The van der Waals surface area contributed by atoms with Crippen molar-refractivity contribution in [1.29, 1.82) is 0 Å². The molecule has 20 heavy (non-hydrogen) atoms. The molecule has 0 N–H and O–H groups in total. The first-order chi connectivity index (χ1) is 9.74. The lowest BCUT2D eigenvalue weighted by Crippen LogP contribution is -2.29. The molecule has 1 fully saturated rings. The first kappa shape index (κ1) is 11.8. The van der Waals surface area contributed by atoms with Crippen LogP contribution in [-0.4, -0.2) is 38.1 Å². The van der Waals surface area contributed by atoms with Crippen molar-refractivity contribution in [3.05, 3.63) is 36.3 Å². The van der Waals surface area contributed by atoms with Gasteiger partial charge in [0.25, 0.3) is 5.91 Å². The molecular formula is C15H18N4O. The number of hydrogen-bond acceptors (Lipinski definition) is 2. The maximum atomic E-state index is 12.8. The van der Waals surface area contributed by atoms with Crippen molar-refractivity contribution in [2.45, 2.75) is 12.8 Å². The van der Waals surface area contributed by atoms with Gasteiger partial charge in [0, 0.05) is 32.5 Å². The number of rotatable bonds is 1. The summed E-state index contributed by atoms with van der Waals surface area (Å²) in [6.45, 7) is 1.77. The number of amides is 1. The molecule has 0 bridgehead atoms. The first-order valence-corrected chi connectivity index (χ1v) is 7.17. The zero-order chi connectivity index (χ0) is 13.7. The molecule has 1 aliphatic carbocycles. The molecule has 5 nitrogen and oxygen atoms in total. The number of carbonyl (C=O) groups is 1. The second kappa shape index (κ2) is 4.23. The Morgan fingerprint density at radius 3 is 2.60 bits per heavy atom. The summed E-state index contributed by atoms with van der Waals surface area (Å²) in [4.78, 5) is 14.8. The highest BCUT2D eigenvalue weighted by atomic mass is 16.2. The van der Waals surface area contributed by atoms with E-state index < -0.39 is 0 Å². The average molecular weight is 270 g/mol. The third-order valence-electron chi connectivity index (χ3n) is 4.67. The molecule has 5 heteroatoms. The summed E-state index contributed by atoms with van der Waals surface area (Å²) in [5, 5.41) is 4.26. The second-order valence-corrected chi connectivity index (χ2v) is 5.91. The van der Waals surface area contributed by atoms with Crippen LogP contribution in [0, 0.1) is 11.8 Å². The van der Waals surface area contributed by atoms with Crippen LogP contribution >= 0.6 is 0 Å². The minimum atomic E-state index is 0.121. The van der Waals surface area contributed by atoms with E-state index in [2.05, 4.69) is 17.3 Å². The van der Waals surface area contributed by atoms with Gasteiger partial charge in [0.1, 0.15) is 11.2 Å². The smallest absolute Gasteiger partial charge is 0.259 e. The topological polar surface area (TPSA) is 42.5 Å². The van der Waals surface area contributed by atoms with Crippen molar-refractivity contribution in [1.82, 2.24) is 19.1 Å². The Labute approximate surface area is 117 Å². The van der Waals surface area contributed by atoms with E-state index in [0.29, 0.717) is 17.4 Å². The third-order valence-corrected chi connectivity index (χ3v) is 4.67. The summed E-state index contributed by atoms with van der Waals surface area (Å²) in [5.41, 5.74) is 1.59. The number of hydrogen-bond donors (Lipinski definition) is 0. The molecule has 2 atom stereocenters. The molecule has 2 aromatic heterocycles. The summed E-state index contributed by atoms with van der Waals surface area (Å²) in [6, 6.07) is 0. The van der Waals surface area contributed by atoms with Gasteiger partial charge in [0.2, 0.25) is 0 Å². The lowest BCUT2D eigenvalue weighted by atomic mass is 9.86. The SMILES string of the molecule is Cn1ccn2ncc(C(=O)N3C[C@H]4CC=CC[C@H]4C3)c12. The Bertz CT molecular complexity index is 680. The quantitative estimate of drug-likeness (QED) is 0.740. The summed E-state index contributed by atoms with van der Waals surface area (Å²) in [5.74, 6) is 1.41. The van der Waals surface area contributed by atoms with Crippen LogP contribution in [0.15, 0.2) is 30.7 Å². The van der Waals surface area contributed by atoms with Crippen LogP contribution in [0.1, 0.15) is 23.2 Å². The molecule has 2 aliphatic rings. The van der Waals surface area contributed by atoms with Crippen molar-refractivity contribution in [3.8, 4) is 0 Å². The van der Waals surface area contributed by atoms with Crippen LogP contribution in [0.4, 0.5) is 0 Å². The predicted molar refractivity (Wildman–Crippen MR) is 75.4 cm³/mol. The molecule has 1 amide bonds. The molecule has 0 saturated carbocycles. The van der Waals surface area contributed by atoms with Gasteiger partial charge in [0.15, 0.2) is 0 Å². The molecule has 2 aromatic rings. The zero-order valence-corrected chi connectivity index (χ0v) is 11.6. The molecule has 1 saturated heterocycles. The van der Waals surface area contributed by atoms with Crippen molar-refractivity contribution >= 4 is 11.6 Å². The Hall–Kier alpha value is -2.04. The highest BCUT2D eigenvalue weighted by molar-refractivity contribution is 6.00. The zero-order valence-electron chi connectivity index (χ0n) is 11.6. The van der Waals surface area contributed by atoms with Crippen LogP contribution in [0.3, 0.4) is 0 Å². The summed E-state index contributed by atoms with van der Waals surface area (Å²) >= 11 is 0. The number of likely N-dealkylation sites (tertiary alicyclic amines) is 1. The van der Waals surface area contributed by atoms with Crippen LogP contribution in [-0.2, 0) is 7.05 Å². The number of aryl methyl sites for hydroxylation is 1. The Morgan fingerprint density at radius 2 is 1.90 bits per heavy atom. The van der Waals surface area contributed by atoms with E-state index in [1.54, 1.807) is 10.7 Å². The molecule has 4 rings (SSSR count). The molecule has 104 valence electrons. The first-order valence-electron chi connectivity index (χ1n) is 7.17. The van der Waals surface area contributed by atoms with Crippen molar-refractivity contribution in [2.24, 2.45) is 18.9 Å². The van der Waals surface area contributed by atoms with Crippen molar-refractivity contribution in [3.63, 3.8) is 0 Å². The minimum absolute atomic E-state index is 0.121. The van der Waals surface area contributed by atoms with Gasteiger partial charge in [0.05, 0.1) is 6.20 Å². The van der Waals surface area contributed by atoms with Crippen LogP contribution in [0.2, 0.25) is 0 Å². The number of fused-ring (bicyclic) bond motifs is 2. The van der Waals surface area contributed by atoms with Gasteiger partial charge >= 0.3 is 0 Å². The van der Waals surface area contributed by atoms with E-state index >= 15 is 0 Å². The fourth-order valence-corrected chi connectivity index (χ4v) is 3.55. The second-order valence-electron chi connectivity index (χ2n) is 5.91. The van der Waals surface area contributed by atoms with E-state index in [4.69, 9.17) is 0 Å².